The Morgan fingerprint density at radius 2 is 1.82 bits per heavy atom. The molecule has 8 nitrogen and oxygen atoms in total. The number of pyridine rings is 1. The van der Waals surface area contributed by atoms with Gasteiger partial charge in [-0.25, -0.2) is 4.79 Å². The van der Waals surface area contributed by atoms with Gasteiger partial charge in [0.15, 0.2) is 0 Å². The monoisotopic (exact) mass is 443 g/mol. The van der Waals surface area contributed by atoms with E-state index < -0.39 is 0 Å². The molecule has 3 heterocycles. The van der Waals surface area contributed by atoms with Crippen molar-refractivity contribution in [2.75, 3.05) is 0 Å². The predicted octanol–water partition coefficient (Wildman–Crippen LogP) is 4.11. The van der Waals surface area contributed by atoms with Crippen LogP contribution in [0.4, 0.5) is 0 Å². The van der Waals surface area contributed by atoms with Crippen LogP contribution in [0.25, 0.3) is 22.5 Å². The van der Waals surface area contributed by atoms with Crippen LogP contribution in [0.15, 0.2) is 53.7 Å². The van der Waals surface area contributed by atoms with Crippen LogP contribution in [-0.4, -0.2) is 34.7 Å². The maximum absolute atomic E-state index is 13.4. The van der Waals surface area contributed by atoms with Crippen LogP contribution >= 0.6 is 0 Å². The van der Waals surface area contributed by atoms with Crippen LogP contribution in [0, 0.1) is 11.8 Å². The first kappa shape index (κ1) is 21.3. The third-order valence-corrected chi connectivity index (χ3v) is 6.99. The van der Waals surface area contributed by atoms with E-state index in [2.05, 4.69) is 52.6 Å². The Morgan fingerprint density at radius 3 is 2.48 bits per heavy atom. The zero-order valence-corrected chi connectivity index (χ0v) is 19.3. The van der Waals surface area contributed by atoms with E-state index in [1.807, 2.05) is 45.7 Å². The van der Waals surface area contributed by atoms with Crippen molar-refractivity contribution >= 4 is 0 Å². The van der Waals surface area contributed by atoms with E-state index in [0.717, 1.165) is 47.2 Å². The van der Waals surface area contributed by atoms with E-state index in [9.17, 15) is 4.79 Å². The second kappa shape index (κ2) is 8.77. The van der Waals surface area contributed by atoms with Gasteiger partial charge in [0.1, 0.15) is 0 Å². The lowest BCUT2D eigenvalue weighted by molar-refractivity contribution is 0.608. The lowest BCUT2D eigenvalue weighted by Crippen LogP contribution is -2.26. The van der Waals surface area contributed by atoms with E-state index in [1.165, 1.54) is 0 Å². The average molecular weight is 444 g/mol. The summed E-state index contributed by atoms with van der Waals surface area (Å²) < 4.78 is 3.91. The minimum absolute atomic E-state index is 0.0876. The molecule has 3 aromatic heterocycles. The molecule has 5 rings (SSSR count). The maximum atomic E-state index is 13.4. The van der Waals surface area contributed by atoms with Gasteiger partial charge in [-0.05, 0) is 52.6 Å². The highest BCUT2D eigenvalue weighted by Gasteiger charge is 2.45. The Labute approximate surface area is 192 Å². The number of hydrogen-bond donors (Lipinski definition) is 1. The van der Waals surface area contributed by atoms with E-state index in [0.29, 0.717) is 30.2 Å². The van der Waals surface area contributed by atoms with Gasteiger partial charge in [-0.15, -0.1) is 10.2 Å². The first-order valence-electron chi connectivity index (χ1n) is 11.7. The number of aromatic amines is 1. The number of aryl methyl sites for hydroxylation is 1. The fourth-order valence-corrected chi connectivity index (χ4v) is 4.72. The molecule has 2 unspecified atom stereocenters. The number of aromatic nitrogens is 7. The highest BCUT2D eigenvalue weighted by atomic mass is 16.1. The fourth-order valence-electron chi connectivity index (χ4n) is 4.72. The number of nitrogens with zero attached hydrogens (tertiary/aromatic N) is 6. The van der Waals surface area contributed by atoms with Crippen molar-refractivity contribution in [3.05, 3.63) is 70.7 Å². The Balaban J connectivity index is 1.49. The highest BCUT2D eigenvalue weighted by Crippen LogP contribution is 2.49. The van der Waals surface area contributed by atoms with Crippen molar-refractivity contribution < 1.29 is 0 Å². The molecule has 0 aliphatic heterocycles. The maximum Gasteiger partial charge on any atom is 0.328 e. The number of tetrazole rings is 1. The molecule has 0 amide bonds. The summed E-state index contributed by atoms with van der Waals surface area (Å²) in [5.41, 5.74) is 5.25. The lowest BCUT2D eigenvalue weighted by atomic mass is 10.00. The fraction of sp³-hybridized carbons (Fsp3) is 0.400. The van der Waals surface area contributed by atoms with Gasteiger partial charge < -0.3 is 0 Å². The van der Waals surface area contributed by atoms with Gasteiger partial charge in [-0.2, -0.15) is 5.21 Å². The molecule has 170 valence electrons. The Kier molecular flexibility index (Phi) is 5.66. The van der Waals surface area contributed by atoms with Gasteiger partial charge in [0.2, 0.25) is 5.82 Å². The number of H-pyrrole nitrogens is 1. The molecule has 1 N–H and O–H groups in total. The third-order valence-electron chi connectivity index (χ3n) is 6.99. The topological polar surface area (TPSA) is 94.3 Å². The van der Waals surface area contributed by atoms with Gasteiger partial charge in [-0.1, -0.05) is 51.5 Å². The van der Waals surface area contributed by atoms with Gasteiger partial charge in [0.25, 0.3) is 0 Å². The second-order valence-electron chi connectivity index (χ2n) is 9.05. The lowest BCUT2D eigenvalue weighted by Gasteiger charge is -2.12. The minimum Gasteiger partial charge on any atom is -0.295 e. The van der Waals surface area contributed by atoms with E-state index in [1.54, 1.807) is 6.20 Å². The van der Waals surface area contributed by atoms with Crippen molar-refractivity contribution in [1.29, 1.82) is 0 Å². The van der Waals surface area contributed by atoms with Crippen LogP contribution in [0.3, 0.4) is 0 Å². The number of nitrogens with one attached hydrogen (secondary N) is 1. The highest BCUT2D eigenvalue weighted by molar-refractivity contribution is 5.69. The molecule has 0 radical (unpaired) electrons. The third kappa shape index (κ3) is 4.01. The molecule has 1 saturated carbocycles. The molecule has 4 aromatic rings. The molecular weight excluding hydrogens is 414 g/mol. The summed E-state index contributed by atoms with van der Waals surface area (Å²) in [4.78, 5) is 17.8. The van der Waals surface area contributed by atoms with Crippen molar-refractivity contribution in [2.24, 2.45) is 11.8 Å². The Morgan fingerprint density at radius 1 is 1.06 bits per heavy atom. The minimum atomic E-state index is 0.0876. The first-order valence-corrected chi connectivity index (χ1v) is 11.7. The molecule has 1 aliphatic rings. The molecule has 0 bridgehead atoms. The summed E-state index contributed by atoms with van der Waals surface area (Å²) in [6.07, 6.45) is 8.84. The van der Waals surface area contributed by atoms with Gasteiger partial charge in [0.05, 0.1) is 6.54 Å². The summed E-state index contributed by atoms with van der Waals surface area (Å²) in [5, 5.41) is 14.2. The van der Waals surface area contributed by atoms with Crippen LogP contribution in [0.1, 0.15) is 50.9 Å². The molecule has 1 aliphatic carbocycles. The van der Waals surface area contributed by atoms with Crippen molar-refractivity contribution in [3.63, 3.8) is 0 Å². The second-order valence-corrected chi connectivity index (χ2v) is 9.05. The Bertz CT molecular complexity index is 1280. The quantitative estimate of drug-likeness (QED) is 0.442. The number of unbranched alkanes of at least 4 members (excludes halogenated alkanes) is 1. The van der Waals surface area contributed by atoms with E-state index >= 15 is 0 Å². The predicted molar refractivity (Wildman–Crippen MR) is 127 cm³/mol. The number of rotatable bonds is 8. The molecule has 8 heteroatoms. The van der Waals surface area contributed by atoms with Crippen LogP contribution in [0.5, 0.6) is 0 Å². The smallest absolute Gasteiger partial charge is 0.295 e. The molecule has 0 spiro atoms. The molecule has 1 aromatic carbocycles. The van der Waals surface area contributed by atoms with Crippen LogP contribution in [0.2, 0.25) is 0 Å². The van der Waals surface area contributed by atoms with Crippen molar-refractivity contribution in [2.45, 2.75) is 52.6 Å². The summed E-state index contributed by atoms with van der Waals surface area (Å²) in [5.74, 6) is 1.65. The normalized spacial score (nSPS) is 19.7. The van der Waals surface area contributed by atoms with Crippen molar-refractivity contribution in [1.82, 2.24) is 34.7 Å². The first-order chi connectivity index (χ1) is 16.1. The zero-order chi connectivity index (χ0) is 22.9. The average Bonchev–Trinajstić information content (AvgIpc) is 3.21. The van der Waals surface area contributed by atoms with Crippen LogP contribution in [-0.2, 0) is 13.0 Å². The summed E-state index contributed by atoms with van der Waals surface area (Å²) in [6, 6.07) is 10.4. The summed E-state index contributed by atoms with van der Waals surface area (Å²) >= 11 is 0. The number of imidazole rings is 1. The van der Waals surface area contributed by atoms with Gasteiger partial charge in [0, 0.05) is 35.9 Å². The summed E-state index contributed by atoms with van der Waals surface area (Å²) in [7, 11) is 0. The number of benzene rings is 1. The van der Waals surface area contributed by atoms with Gasteiger partial charge >= 0.3 is 5.69 Å². The molecule has 2 atom stereocenters. The Hall–Kier alpha value is -3.55. The molecule has 1 fully saturated rings. The molecule has 33 heavy (non-hydrogen) atoms. The molecular formula is C25H29N7O. The largest absolute Gasteiger partial charge is 0.328 e. The van der Waals surface area contributed by atoms with Gasteiger partial charge in [-0.3, -0.25) is 14.1 Å². The van der Waals surface area contributed by atoms with Crippen molar-refractivity contribution in [3.8, 4) is 22.5 Å². The molecule has 0 saturated heterocycles. The van der Waals surface area contributed by atoms with E-state index in [-0.39, 0.29) is 5.69 Å². The SMILES string of the molecule is CCCCc1cn(C2C(C)C2C)c(=O)n1Cc1cnccc1-c1ccc(-c2nn[nH]n2)cc1. The zero-order valence-electron chi connectivity index (χ0n) is 19.3. The van der Waals surface area contributed by atoms with Crippen LogP contribution < -0.4 is 5.69 Å². The standard InChI is InChI=1S/C25H29N7O/c1-4-5-6-21-15-32(23-16(2)17(23)3)25(33)31(21)14-20-13-26-12-11-22(20)18-7-9-19(10-8-18)24-27-29-30-28-24/h7-13,15-17,23H,4-6,14H2,1-3H3,(H,27,28,29,30). The van der Waals surface area contributed by atoms with E-state index in [4.69, 9.17) is 0 Å². The number of hydrogen-bond acceptors (Lipinski definition) is 5. The summed E-state index contributed by atoms with van der Waals surface area (Å²) in [6.45, 7) is 7.14.